The topological polar surface area (TPSA) is 152 Å². The van der Waals surface area contributed by atoms with Gasteiger partial charge in [0, 0.05) is 61.5 Å². The molecule has 6 heterocycles. The number of anilines is 1. The van der Waals surface area contributed by atoms with Crippen molar-refractivity contribution in [3.8, 4) is 11.3 Å². The fourth-order valence-electron chi connectivity index (χ4n) is 8.62. The number of aromatic nitrogens is 1. The molecule has 51 heavy (non-hydrogen) atoms. The summed E-state index contributed by atoms with van der Waals surface area (Å²) in [5.41, 5.74) is 11.8. The number of hydrogen-bond acceptors (Lipinski definition) is 8. The maximum absolute atomic E-state index is 13.2. The highest BCUT2D eigenvalue weighted by Gasteiger charge is 2.46. The molecule has 4 N–H and O–H groups in total. The number of imide groups is 2. The smallest absolute Gasteiger partial charge is 0.262 e. The number of H-pyrrole nitrogens is 1. The minimum Gasteiger partial charge on any atom is -0.368 e. The van der Waals surface area contributed by atoms with E-state index in [1.165, 1.54) is 5.56 Å². The molecular formula is C39H39N7O5. The zero-order valence-electron chi connectivity index (χ0n) is 28.1. The number of carbonyl (C=O) groups excluding carboxylic acids is 5. The summed E-state index contributed by atoms with van der Waals surface area (Å²) in [4.78, 5) is 74.0. The average Bonchev–Trinajstić information content (AvgIpc) is 3.64. The molecule has 0 aliphatic carbocycles. The number of fused-ring (bicyclic) bond motifs is 2. The molecule has 4 aromatic rings. The van der Waals surface area contributed by atoms with Crippen LogP contribution in [0.25, 0.3) is 22.2 Å². The van der Waals surface area contributed by atoms with Gasteiger partial charge < -0.3 is 15.6 Å². The predicted molar refractivity (Wildman–Crippen MR) is 190 cm³/mol. The lowest BCUT2D eigenvalue weighted by Gasteiger charge is -2.55. The maximum atomic E-state index is 13.2. The second-order valence-electron chi connectivity index (χ2n) is 14.6. The summed E-state index contributed by atoms with van der Waals surface area (Å²) in [5.74, 6) is -1.82. The van der Waals surface area contributed by atoms with Crippen molar-refractivity contribution >= 4 is 46.1 Å². The van der Waals surface area contributed by atoms with Crippen molar-refractivity contribution in [3.63, 3.8) is 0 Å². The predicted octanol–water partition coefficient (Wildman–Crippen LogP) is 3.09. The number of piperidine rings is 2. The normalized spacial score (nSPS) is 22.3. The van der Waals surface area contributed by atoms with Crippen LogP contribution in [0.1, 0.15) is 68.2 Å². The molecule has 9 rings (SSSR count). The number of nitrogens with zero attached hydrogens (tertiary/aromatic N) is 4. The number of primary amides is 1. The van der Waals surface area contributed by atoms with Crippen LogP contribution in [0.3, 0.4) is 0 Å². The number of benzene rings is 3. The van der Waals surface area contributed by atoms with Crippen LogP contribution in [0.2, 0.25) is 0 Å². The van der Waals surface area contributed by atoms with Crippen molar-refractivity contribution in [3.05, 3.63) is 89.0 Å². The van der Waals surface area contributed by atoms with Crippen LogP contribution in [0.15, 0.2) is 66.7 Å². The van der Waals surface area contributed by atoms with E-state index in [2.05, 4.69) is 55.3 Å². The molecule has 5 amide bonds. The molecule has 1 atom stereocenters. The zero-order chi connectivity index (χ0) is 35.0. The Bertz CT molecular complexity index is 2110. The monoisotopic (exact) mass is 685 g/mol. The average molecular weight is 686 g/mol. The van der Waals surface area contributed by atoms with Gasteiger partial charge in [-0.15, -0.1) is 0 Å². The lowest BCUT2D eigenvalue weighted by Crippen LogP contribution is -2.70. The Kier molecular flexibility index (Phi) is 7.55. The second-order valence-corrected chi connectivity index (χ2v) is 14.6. The molecule has 4 saturated heterocycles. The van der Waals surface area contributed by atoms with Crippen molar-refractivity contribution in [1.29, 1.82) is 0 Å². The molecule has 12 nitrogen and oxygen atoms in total. The number of rotatable bonds is 7. The lowest BCUT2D eigenvalue weighted by atomic mass is 9.87. The van der Waals surface area contributed by atoms with Gasteiger partial charge in [0.05, 0.1) is 22.2 Å². The molecule has 0 spiro atoms. The number of nitrogens with two attached hydrogens (primary N) is 1. The van der Waals surface area contributed by atoms with Gasteiger partial charge in [0.1, 0.15) is 6.04 Å². The molecule has 5 aliphatic rings. The molecule has 4 fully saturated rings. The van der Waals surface area contributed by atoms with E-state index in [1.807, 2.05) is 18.2 Å². The quantitative estimate of drug-likeness (QED) is 0.251. The van der Waals surface area contributed by atoms with Crippen LogP contribution >= 0.6 is 0 Å². The highest BCUT2D eigenvalue weighted by atomic mass is 16.2. The number of para-hydroxylation sites is 1. The zero-order valence-corrected chi connectivity index (χ0v) is 28.1. The van der Waals surface area contributed by atoms with Crippen LogP contribution in [-0.4, -0.2) is 107 Å². The summed E-state index contributed by atoms with van der Waals surface area (Å²) in [6, 6.07) is 21.9. The summed E-state index contributed by atoms with van der Waals surface area (Å²) in [7, 11) is 0. The molecule has 12 heteroatoms. The first kappa shape index (κ1) is 31.6. The fraction of sp³-hybridized carbons (Fsp3) is 0.359. The number of nitrogens with one attached hydrogen (secondary N) is 2. The van der Waals surface area contributed by atoms with Gasteiger partial charge in [0.2, 0.25) is 11.8 Å². The Balaban J connectivity index is 0.751. The summed E-state index contributed by atoms with van der Waals surface area (Å²) < 4.78 is 0. The highest BCUT2D eigenvalue weighted by molar-refractivity contribution is 6.23. The summed E-state index contributed by atoms with van der Waals surface area (Å²) in [6.07, 6.45) is 2.53. The van der Waals surface area contributed by atoms with Gasteiger partial charge in [0.25, 0.3) is 17.7 Å². The lowest BCUT2D eigenvalue weighted by molar-refractivity contribution is -0.136. The van der Waals surface area contributed by atoms with E-state index in [4.69, 9.17) is 5.73 Å². The number of likely N-dealkylation sites (tertiary alicyclic amines) is 2. The van der Waals surface area contributed by atoms with Gasteiger partial charge in [-0.05, 0) is 79.7 Å². The van der Waals surface area contributed by atoms with E-state index >= 15 is 0 Å². The Morgan fingerprint density at radius 1 is 0.765 bits per heavy atom. The van der Waals surface area contributed by atoms with Gasteiger partial charge in [-0.25, -0.2) is 0 Å². The fourth-order valence-corrected chi connectivity index (χ4v) is 8.62. The number of amides is 5. The Morgan fingerprint density at radius 3 is 2.22 bits per heavy atom. The summed E-state index contributed by atoms with van der Waals surface area (Å²) >= 11 is 0. The third kappa shape index (κ3) is 5.40. The van der Waals surface area contributed by atoms with E-state index in [-0.39, 0.29) is 18.7 Å². The maximum Gasteiger partial charge on any atom is 0.262 e. The minimum absolute atomic E-state index is 0.103. The number of carbonyl (C=O) groups is 5. The van der Waals surface area contributed by atoms with Gasteiger partial charge in [-0.2, -0.15) is 0 Å². The van der Waals surface area contributed by atoms with Crippen LogP contribution in [0.4, 0.5) is 5.69 Å². The molecule has 0 saturated carbocycles. The molecule has 1 unspecified atom stereocenters. The number of hydrogen-bond donors (Lipinski definition) is 3. The van der Waals surface area contributed by atoms with Gasteiger partial charge >= 0.3 is 0 Å². The molecule has 260 valence electrons. The van der Waals surface area contributed by atoms with E-state index in [9.17, 15) is 24.0 Å². The van der Waals surface area contributed by atoms with Gasteiger partial charge in [-0.1, -0.05) is 36.4 Å². The van der Waals surface area contributed by atoms with Crippen molar-refractivity contribution in [2.45, 2.75) is 49.7 Å². The minimum atomic E-state index is -0.956. The third-order valence-electron chi connectivity index (χ3n) is 11.7. The van der Waals surface area contributed by atoms with E-state index < -0.39 is 29.7 Å². The van der Waals surface area contributed by atoms with Crippen molar-refractivity contribution in [2.75, 3.05) is 44.2 Å². The summed E-state index contributed by atoms with van der Waals surface area (Å²) in [6.45, 7) is 6.06. The summed E-state index contributed by atoms with van der Waals surface area (Å²) in [5, 5.41) is 3.22. The van der Waals surface area contributed by atoms with Crippen LogP contribution in [-0.2, 0) is 9.59 Å². The molecule has 0 bridgehead atoms. The Labute approximate surface area is 294 Å². The van der Waals surface area contributed by atoms with Crippen molar-refractivity contribution in [1.82, 2.24) is 25.0 Å². The first-order valence-electron chi connectivity index (χ1n) is 17.8. The number of aromatic amines is 1. The van der Waals surface area contributed by atoms with E-state index in [1.54, 1.807) is 18.2 Å². The molecule has 1 aromatic heterocycles. The van der Waals surface area contributed by atoms with Crippen LogP contribution < -0.4 is 16.0 Å². The van der Waals surface area contributed by atoms with Crippen LogP contribution in [0.5, 0.6) is 0 Å². The van der Waals surface area contributed by atoms with E-state index in [0.717, 1.165) is 84.9 Å². The molecule has 5 aliphatic heterocycles. The molecule has 0 radical (unpaired) electrons. The van der Waals surface area contributed by atoms with Gasteiger partial charge in [0.15, 0.2) is 0 Å². The second kappa shape index (κ2) is 12.2. The standard InChI is InChI=1S/C39H39N7O5/c40-36(48)30-3-1-2-25-16-32(41-35(25)30)24-6-4-22(5-7-24)23-12-14-43(15-13-23)27-18-45(19-27)28-20-44(21-28)26-8-9-29-31(17-26)39(51)46(38(29)50)33-10-11-34(47)42-37(33)49/h1-9,16-17,23,27-28,33,41H,10-15,18-21H2,(H2,40,48)(H,42,47,49). The first-order valence-corrected chi connectivity index (χ1v) is 17.8. The highest BCUT2D eigenvalue weighted by Crippen LogP contribution is 2.36. The SMILES string of the molecule is NC(=O)c1cccc2cc(-c3ccc(C4CCN(C5CN(C6CN(c7ccc8c(c7)C(=O)N(C7CCC(=O)NC7=O)C8=O)C6)C5)CC4)cc3)[nH]c12. The van der Waals surface area contributed by atoms with Crippen molar-refractivity contribution in [2.24, 2.45) is 5.73 Å². The van der Waals surface area contributed by atoms with E-state index in [0.29, 0.717) is 34.7 Å². The largest absolute Gasteiger partial charge is 0.368 e. The Hall–Kier alpha value is -5.33. The molecule has 3 aromatic carbocycles. The van der Waals surface area contributed by atoms with Crippen molar-refractivity contribution < 1.29 is 24.0 Å². The van der Waals surface area contributed by atoms with Crippen LogP contribution in [0, 0.1) is 0 Å². The van der Waals surface area contributed by atoms with Gasteiger partial charge in [-0.3, -0.25) is 44.0 Å². The molecular weight excluding hydrogens is 646 g/mol. The Morgan fingerprint density at radius 2 is 1.49 bits per heavy atom. The first-order chi connectivity index (χ1) is 24.7. The third-order valence-corrected chi connectivity index (χ3v) is 11.7.